The SMILES string of the molecule is C1=CCOC=C1.ClC(Cl)Cl. The Morgan fingerprint density at radius 3 is 1.90 bits per heavy atom. The Kier molecular flexibility index (Phi) is 7.37. The molecule has 0 fully saturated rings. The molecule has 0 aromatic carbocycles. The van der Waals surface area contributed by atoms with Gasteiger partial charge in [0.1, 0.15) is 6.61 Å². The minimum absolute atomic E-state index is 0.733. The molecule has 0 unspecified atom stereocenters. The molecule has 58 valence electrons. The Morgan fingerprint density at radius 2 is 1.80 bits per heavy atom. The van der Waals surface area contributed by atoms with Crippen LogP contribution in [0, 0.1) is 0 Å². The number of ether oxygens (including phenoxy) is 1. The molecule has 1 aliphatic rings. The van der Waals surface area contributed by atoms with Crippen LogP contribution in [-0.2, 0) is 4.74 Å². The molecule has 0 spiro atoms. The summed E-state index contributed by atoms with van der Waals surface area (Å²) in [6.45, 7) is 0.733. The largest absolute Gasteiger partial charge is 0.497 e. The van der Waals surface area contributed by atoms with Crippen molar-refractivity contribution in [3.05, 3.63) is 24.5 Å². The molecule has 0 aromatic rings. The van der Waals surface area contributed by atoms with E-state index in [1.54, 1.807) is 6.26 Å². The third-order valence-corrected chi connectivity index (χ3v) is 0.614. The third-order valence-electron chi connectivity index (χ3n) is 0.614. The molecule has 0 saturated heterocycles. The standard InChI is InChI=1S/C5H6O.CHCl3/c1-2-4-6-5-3-1;2-1(3)4/h1-4H,5H2;1H. The van der Waals surface area contributed by atoms with E-state index in [4.69, 9.17) is 39.5 Å². The predicted octanol–water partition coefficient (Wildman–Crippen LogP) is 3.07. The normalized spacial score (nSPS) is 14.0. The maximum absolute atomic E-state index is 4.81. The highest BCUT2D eigenvalue weighted by molar-refractivity contribution is 6.63. The van der Waals surface area contributed by atoms with Gasteiger partial charge in [0.2, 0.25) is 0 Å². The van der Waals surface area contributed by atoms with Crippen LogP contribution in [0.4, 0.5) is 0 Å². The van der Waals surface area contributed by atoms with Crippen molar-refractivity contribution in [1.29, 1.82) is 0 Å². The molecular weight excluding hydrogens is 194 g/mol. The summed E-state index contributed by atoms with van der Waals surface area (Å²) in [5, 5.41) is 0. The van der Waals surface area contributed by atoms with Gasteiger partial charge >= 0.3 is 0 Å². The maximum Gasteiger partial charge on any atom is 0.180 e. The van der Waals surface area contributed by atoms with Crippen molar-refractivity contribution < 1.29 is 4.74 Å². The van der Waals surface area contributed by atoms with E-state index in [0.29, 0.717) is 0 Å². The number of alkyl halides is 3. The lowest BCUT2D eigenvalue weighted by molar-refractivity contribution is 0.286. The molecule has 0 amide bonds. The molecule has 1 heterocycles. The van der Waals surface area contributed by atoms with Crippen molar-refractivity contribution >= 4 is 34.8 Å². The summed E-state index contributed by atoms with van der Waals surface area (Å²) in [6, 6.07) is 0. The number of allylic oxidation sites excluding steroid dienone is 2. The molecule has 0 aliphatic carbocycles. The van der Waals surface area contributed by atoms with Gasteiger partial charge in [-0.3, -0.25) is 0 Å². The first-order valence-electron chi connectivity index (χ1n) is 2.59. The van der Waals surface area contributed by atoms with Crippen LogP contribution in [0.5, 0.6) is 0 Å². The molecule has 0 bridgehead atoms. The molecule has 1 aliphatic heterocycles. The summed E-state index contributed by atoms with van der Waals surface area (Å²) in [6.07, 6.45) is 7.47. The summed E-state index contributed by atoms with van der Waals surface area (Å²) in [7, 11) is 0. The second kappa shape index (κ2) is 7.26. The van der Waals surface area contributed by atoms with Gasteiger partial charge in [-0.15, -0.1) is 0 Å². The van der Waals surface area contributed by atoms with E-state index < -0.39 is 4.30 Å². The van der Waals surface area contributed by atoms with Crippen LogP contribution >= 0.6 is 34.8 Å². The molecule has 0 N–H and O–H groups in total. The van der Waals surface area contributed by atoms with Crippen LogP contribution in [0.2, 0.25) is 0 Å². The van der Waals surface area contributed by atoms with Crippen LogP contribution < -0.4 is 0 Å². The second-order valence-corrected chi connectivity index (χ2v) is 3.32. The molecule has 1 nitrogen and oxygen atoms in total. The molecule has 10 heavy (non-hydrogen) atoms. The van der Waals surface area contributed by atoms with E-state index in [9.17, 15) is 0 Å². The summed E-state index contributed by atoms with van der Waals surface area (Å²) in [5.74, 6) is 0. The maximum atomic E-state index is 4.81. The highest BCUT2D eigenvalue weighted by atomic mass is 35.6. The summed E-state index contributed by atoms with van der Waals surface area (Å²) >= 11 is 14.4. The van der Waals surface area contributed by atoms with Crippen LogP contribution in [0.1, 0.15) is 0 Å². The van der Waals surface area contributed by atoms with Crippen molar-refractivity contribution in [3.8, 4) is 0 Å². The minimum atomic E-state index is -0.750. The average Bonchev–Trinajstić information content (AvgIpc) is 1.90. The average molecular weight is 201 g/mol. The first-order chi connectivity index (χ1) is 4.73. The van der Waals surface area contributed by atoms with Gasteiger partial charge in [0.05, 0.1) is 6.26 Å². The van der Waals surface area contributed by atoms with Gasteiger partial charge in [-0.1, -0.05) is 40.9 Å². The topological polar surface area (TPSA) is 9.23 Å². The lowest BCUT2D eigenvalue weighted by atomic mass is 10.5. The fraction of sp³-hybridized carbons (Fsp3) is 0.333. The van der Waals surface area contributed by atoms with E-state index in [0.717, 1.165) is 6.61 Å². The molecule has 4 heteroatoms. The molecule has 0 aromatic heterocycles. The van der Waals surface area contributed by atoms with Crippen LogP contribution in [-0.4, -0.2) is 10.9 Å². The van der Waals surface area contributed by atoms with Crippen molar-refractivity contribution in [2.45, 2.75) is 4.30 Å². The van der Waals surface area contributed by atoms with Gasteiger partial charge in [-0.2, -0.15) is 0 Å². The Morgan fingerprint density at radius 1 is 1.20 bits per heavy atom. The molecule has 0 atom stereocenters. The first-order valence-corrected chi connectivity index (χ1v) is 3.90. The van der Waals surface area contributed by atoms with Gasteiger partial charge in [-0.25, -0.2) is 0 Å². The van der Waals surface area contributed by atoms with Gasteiger partial charge < -0.3 is 4.74 Å². The quantitative estimate of drug-likeness (QED) is 0.547. The number of rotatable bonds is 0. The van der Waals surface area contributed by atoms with Crippen molar-refractivity contribution in [1.82, 2.24) is 0 Å². The Balaban J connectivity index is 0.000000180. The Hall–Kier alpha value is 0.150. The third kappa shape index (κ3) is 11.0. The van der Waals surface area contributed by atoms with E-state index >= 15 is 0 Å². The van der Waals surface area contributed by atoms with Crippen LogP contribution in [0.15, 0.2) is 24.5 Å². The zero-order chi connectivity index (χ0) is 7.82. The van der Waals surface area contributed by atoms with E-state index in [1.165, 1.54) is 0 Å². The number of halogens is 3. The first kappa shape index (κ1) is 10.2. The second-order valence-electron chi connectivity index (χ2n) is 1.34. The van der Waals surface area contributed by atoms with Gasteiger partial charge in [0, 0.05) is 0 Å². The molecule has 1 rings (SSSR count). The van der Waals surface area contributed by atoms with Crippen molar-refractivity contribution in [2.75, 3.05) is 6.61 Å². The fourth-order valence-corrected chi connectivity index (χ4v) is 0.346. The monoisotopic (exact) mass is 200 g/mol. The van der Waals surface area contributed by atoms with Gasteiger partial charge in [0.25, 0.3) is 0 Å². The smallest absolute Gasteiger partial charge is 0.180 e. The molecule has 0 saturated carbocycles. The van der Waals surface area contributed by atoms with E-state index in [2.05, 4.69) is 0 Å². The summed E-state index contributed by atoms with van der Waals surface area (Å²) < 4.78 is 4.05. The van der Waals surface area contributed by atoms with Crippen molar-refractivity contribution in [3.63, 3.8) is 0 Å². The van der Waals surface area contributed by atoms with Crippen LogP contribution in [0.25, 0.3) is 0 Å². The number of hydrogen-bond donors (Lipinski definition) is 0. The fourth-order valence-electron chi connectivity index (χ4n) is 0.346. The summed E-state index contributed by atoms with van der Waals surface area (Å²) in [4.78, 5) is 0. The number of hydrogen-bond acceptors (Lipinski definition) is 1. The predicted molar refractivity (Wildman–Crippen MR) is 45.6 cm³/mol. The highest BCUT2D eigenvalue weighted by Crippen LogP contribution is 2.03. The van der Waals surface area contributed by atoms with Gasteiger partial charge in [0.15, 0.2) is 4.30 Å². The Labute approximate surface area is 75.2 Å². The van der Waals surface area contributed by atoms with Crippen LogP contribution in [0.3, 0.4) is 0 Å². The van der Waals surface area contributed by atoms with E-state index in [1.807, 2.05) is 18.2 Å². The van der Waals surface area contributed by atoms with E-state index in [-0.39, 0.29) is 0 Å². The van der Waals surface area contributed by atoms with Gasteiger partial charge in [-0.05, 0) is 12.2 Å². The lowest BCUT2D eigenvalue weighted by Gasteiger charge is -1.94. The minimum Gasteiger partial charge on any atom is -0.497 e. The zero-order valence-electron chi connectivity index (χ0n) is 5.14. The molecule has 0 radical (unpaired) electrons. The Bertz CT molecular complexity index is 105. The summed E-state index contributed by atoms with van der Waals surface area (Å²) in [5.41, 5.74) is 0. The highest BCUT2D eigenvalue weighted by Gasteiger charge is 1.79. The lowest BCUT2D eigenvalue weighted by Crippen LogP contribution is -1.82. The molecular formula is C6H7Cl3O. The zero-order valence-corrected chi connectivity index (χ0v) is 7.40. The van der Waals surface area contributed by atoms with Crippen molar-refractivity contribution in [2.24, 2.45) is 0 Å².